The second-order valence-corrected chi connectivity index (χ2v) is 5.34. The molecule has 124 valence electrons. The zero-order valence-corrected chi connectivity index (χ0v) is 13.2. The Kier molecular flexibility index (Phi) is 4.22. The first kappa shape index (κ1) is 16.0. The number of nitrogens with zero attached hydrogens (tertiary/aromatic N) is 4. The minimum absolute atomic E-state index is 0.0508. The number of benzene rings is 2. The molecule has 24 heavy (non-hydrogen) atoms. The van der Waals surface area contributed by atoms with Crippen LogP contribution in [0.1, 0.15) is 5.56 Å². The van der Waals surface area contributed by atoms with Gasteiger partial charge in [-0.05, 0) is 34.7 Å². The Balaban J connectivity index is 1.96. The van der Waals surface area contributed by atoms with Crippen LogP contribution in [0, 0.1) is 5.82 Å². The maximum atomic E-state index is 13.7. The minimum Gasteiger partial charge on any atom is -0.508 e. The van der Waals surface area contributed by atoms with E-state index in [0.29, 0.717) is 16.3 Å². The number of hydrogen-bond acceptors (Lipinski definition) is 5. The Bertz CT molecular complexity index is 954. The fourth-order valence-electron chi connectivity index (χ4n) is 2.11. The lowest BCUT2D eigenvalue weighted by atomic mass is 10.2. The van der Waals surface area contributed by atoms with Gasteiger partial charge in [-0.25, -0.2) is 9.18 Å². The number of phenolic OH excluding ortho intramolecular Hbond substituents is 1. The van der Waals surface area contributed by atoms with Crippen LogP contribution in [0.15, 0.2) is 41.2 Å². The Morgan fingerprint density at radius 3 is 2.75 bits per heavy atom. The molecule has 0 fully saturated rings. The monoisotopic (exact) mass is 350 g/mol. The van der Waals surface area contributed by atoms with Crippen LogP contribution in [0.25, 0.3) is 5.69 Å². The highest BCUT2D eigenvalue weighted by atomic mass is 35.5. The summed E-state index contributed by atoms with van der Waals surface area (Å²) in [5.41, 5.74) is 0.392. The number of phenols is 1. The predicted octanol–water partition coefficient (Wildman–Crippen LogP) is 2.04. The van der Waals surface area contributed by atoms with Crippen LogP contribution in [-0.4, -0.2) is 24.9 Å². The van der Waals surface area contributed by atoms with E-state index in [2.05, 4.69) is 10.4 Å². The summed E-state index contributed by atoms with van der Waals surface area (Å²) in [5.74, 6) is -0.963. The first-order valence-electron chi connectivity index (χ1n) is 6.85. The molecule has 0 bridgehead atoms. The minimum atomic E-state index is -0.708. The zero-order chi connectivity index (χ0) is 17.3. The van der Waals surface area contributed by atoms with Crippen LogP contribution in [0.4, 0.5) is 4.39 Å². The summed E-state index contributed by atoms with van der Waals surface area (Å²) in [6.45, 7) is -0.0975. The lowest BCUT2D eigenvalue weighted by Gasteiger charge is -2.12. The molecule has 0 aliphatic rings. The van der Waals surface area contributed by atoms with Crippen molar-refractivity contribution in [3.05, 3.63) is 63.3 Å². The summed E-state index contributed by atoms with van der Waals surface area (Å²) < 4.78 is 21.3. The van der Waals surface area contributed by atoms with Gasteiger partial charge in [0.1, 0.15) is 12.4 Å². The molecule has 9 heteroatoms. The number of ether oxygens (including phenoxy) is 1. The van der Waals surface area contributed by atoms with Crippen LogP contribution in [-0.2, 0) is 13.7 Å². The highest BCUT2D eigenvalue weighted by Crippen LogP contribution is 2.26. The number of aromatic nitrogens is 4. The van der Waals surface area contributed by atoms with Gasteiger partial charge in [0.15, 0.2) is 11.6 Å². The molecule has 0 spiro atoms. The number of rotatable bonds is 4. The highest BCUT2D eigenvalue weighted by Gasteiger charge is 2.15. The summed E-state index contributed by atoms with van der Waals surface area (Å²) >= 11 is 6.19. The van der Waals surface area contributed by atoms with Crippen LogP contribution in [0.5, 0.6) is 11.5 Å². The number of halogens is 2. The van der Waals surface area contributed by atoms with Gasteiger partial charge in [0.05, 0.1) is 5.69 Å². The molecule has 1 heterocycles. The van der Waals surface area contributed by atoms with E-state index < -0.39 is 11.5 Å². The van der Waals surface area contributed by atoms with Gasteiger partial charge in [-0.2, -0.15) is 9.36 Å². The largest absolute Gasteiger partial charge is 0.508 e. The fourth-order valence-corrected chi connectivity index (χ4v) is 2.33. The molecule has 3 aromatic rings. The van der Waals surface area contributed by atoms with Crippen molar-refractivity contribution < 1.29 is 14.2 Å². The zero-order valence-electron chi connectivity index (χ0n) is 12.5. The molecule has 0 radical (unpaired) electrons. The van der Waals surface area contributed by atoms with Crippen molar-refractivity contribution in [3.63, 3.8) is 0 Å². The SMILES string of the molecule is Cn1nnn(-c2cccc(Cl)c2COc2ccc(O)cc2F)c1=O. The molecular formula is C15H12ClFN4O3. The van der Waals surface area contributed by atoms with E-state index in [1.165, 1.54) is 19.2 Å². The summed E-state index contributed by atoms with van der Waals surface area (Å²) in [7, 11) is 1.47. The van der Waals surface area contributed by atoms with Gasteiger partial charge in [0.2, 0.25) is 0 Å². The predicted molar refractivity (Wildman–Crippen MR) is 84.0 cm³/mol. The molecule has 0 amide bonds. The highest BCUT2D eigenvalue weighted by molar-refractivity contribution is 6.31. The third-order valence-electron chi connectivity index (χ3n) is 3.33. The van der Waals surface area contributed by atoms with Gasteiger partial charge in [0.25, 0.3) is 0 Å². The van der Waals surface area contributed by atoms with Crippen LogP contribution in [0.2, 0.25) is 5.02 Å². The van der Waals surface area contributed by atoms with E-state index >= 15 is 0 Å². The molecule has 0 saturated carbocycles. The number of aromatic hydroxyl groups is 1. The van der Waals surface area contributed by atoms with E-state index in [-0.39, 0.29) is 18.1 Å². The van der Waals surface area contributed by atoms with E-state index in [0.717, 1.165) is 15.4 Å². The van der Waals surface area contributed by atoms with Crippen molar-refractivity contribution >= 4 is 11.6 Å². The summed E-state index contributed by atoms with van der Waals surface area (Å²) in [6, 6.07) is 8.46. The molecule has 3 rings (SSSR count). The van der Waals surface area contributed by atoms with Crippen molar-refractivity contribution in [1.29, 1.82) is 0 Å². The lowest BCUT2D eigenvalue weighted by Crippen LogP contribution is -2.23. The Labute approximate surface area is 140 Å². The molecule has 0 unspecified atom stereocenters. The molecule has 0 aliphatic carbocycles. The Morgan fingerprint density at radius 1 is 1.29 bits per heavy atom. The second kappa shape index (κ2) is 6.32. The van der Waals surface area contributed by atoms with Gasteiger partial charge >= 0.3 is 5.69 Å². The maximum Gasteiger partial charge on any atom is 0.368 e. The van der Waals surface area contributed by atoms with Gasteiger partial charge in [-0.1, -0.05) is 17.7 Å². The van der Waals surface area contributed by atoms with Gasteiger partial charge in [-0.15, -0.1) is 0 Å². The molecule has 0 aliphatic heterocycles. The van der Waals surface area contributed by atoms with E-state index in [9.17, 15) is 14.3 Å². The van der Waals surface area contributed by atoms with Crippen molar-refractivity contribution in [2.45, 2.75) is 6.61 Å². The normalized spacial score (nSPS) is 10.8. The van der Waals surface area contributed by atoms with Gasteiger partial charge in [-0.3, -0.25) is 0 Å². The van der Waals surface area contributed by atoms with Crippen LogP contribution >= 0.6 is 11.6 Å². The van der Waals surface area contributed by atoms with E-state index in [1.54, 1.807) is 18.2 Å². The van der Waals surface area contributed by atoms with Crippen LogP contribution < -0.4 is 10.4 Å². The number of aryl methyl sites for hydroxylation is 1. The van der Waals surface area contributed by atoms with E-state index in [4.69, 9.17) is 16.3 Å². The van der Waals surface area contributed by atoms with E-state index in [1.807, 2.05) is 0 Å². The average molecular weight is 351 g/mol. The molecule has 0 saturated heterocycles. The van der Waals surface area contributed by atoms with Gasteiger partial charge < -0.3 is 9.84 Å². The second-order valence-electron chi connectivity index (χ2n) is 4.94. The van der Waals surface area contributed by atoms with Gasteiger partial charge in [0, 0.05) is 23.7 Å². The van der Waals surface area contributed by atoms with Crippen LogP contribution in [0.3, 0.4) is 0 Å². The number of tetrazole rings is 1. The Morgan fingerprint density at radius 2 is 2.08 bits per heavy atom. The first-order chi connectivity index (χ1) is 11.5. The molecule has 1 N–H and O–H groups in total. The third kappa shape index (κ3) is 2.95. The smallest absolute Gasteiger partial charge is 0.368 e. The molecular weight excluding hydrogens is 339 g/mol. The molecule has 7 nitrogen and oxygen atoms in total. The standard InChI is InChI=1S/C15H12ClFN4O3/c1-20-15(23)21(19-18-20)13-4-2-3-11(16)10(13)8-24-14-6-5-9(22)7-12(14)17/h2-7,22H,8H2,1H3. The Hall–Kier alpha value is -2.87. The van der Waals surface area contributed by atoms with Crippen molar-refractivity contribution in [3.8, 4) is 17.2 Å². The summed E-state index contributed by atoms with van der Waals surface area (Å²) in [6.07, 6.45) is 0. The first-order valence-corrected chi connectivity index (χ1v) is 7.23. The third-order valence-corrected chi connectivity index (χ3v) is 3.69. The number of hydrogen-bond donors (Lipinski definition) is 1. The van der Waals surface area contributed by atoms with Crippen molar-refractivity contribution in [1.82, 2.24) is 19.8 Å². The lowest BCUT2D eigenvalue weighted by molar-refractivity contribution is 0.288. The quantitative estimate of drug-likeness (QED) is 0.778. The molecule has 2 aromatic carbocycles. The summed E-state index contributed by atoms with van der Waals surface area (Å²) in [5, 5.41) is 17.0. The fraction of sp³-hybridized carbons (Fsp3) is 0.133. The average Bonchev–Trinajstić information content (AvgIpc) is 2.87. The van der Waals surface area contributed by atoms with Crippen molar-refractivity contribution in [2.75, 3.05) is 0 Å². The topological polar surface area (TPSA) is 82.2 Å². The molecule has 1 aromatic heterocycles. The maximum absolute atomic E-state index is 13.7. The van der Waals surface area contributed by atoms with Crippen molar-refractivity contribution in [2.24, 2.45) is 7.05 Å². The molecule has 0 atom stereocenters. The summed E-state index contributed by atoms with van der Waals surface area (Å²) in [4.78, 5) is 12.0.